The molecule has 0 bridgehead atoms. The van der Waals surface area contributed by atoms with E-state index in [9.17, 15) is 0 Å². The highest BCUT2D eigenvalue weighted by Crippen LogP contribution is 2.43. The van der Waals surface area contributed by atoms with Crippen LogP contribution in [0.4, 0.5) is 5.69 Å². The zero-order valence-corrected chi connectivity index (χ0v) is 14.7. The van der Waals surface area contributed by atoms with E-state index in [2.05, 4.69) is 55.3 Å². The first kappa shape index (κ1) is 15.2. The van der Waals surface area contributed by atoms with E-state index in [-0.39, 0.29) is 5.54 Å². The van der Waals surface area contributed by atoms with E-state index < -0.39 is 0 Å². The number of benzene rings is 2. The minimum atomic E-state index is -0.146. The minimum absolute atomic E-state index is 0.146. The summed E-state index contributed by atoms with van der Waals surface area (Å²) in [5.74, 6) is 0.891. The number of nitrogens with zero attached hydrogens (tertiary/aromatic N) is 1. The molecule has 0 N–H and O–H groups in total. The van der Waals surface area contributed by atoms with Gasteiger partial charge in [-0.25, -0.2) is 0 Å². The SMILES string of the molecule is C=C1c2cccc3c2C(=[N+](c2ccc(OC)cc2)C1(C)C)CCC3. The molecule has 0 amide bonds. The van der Waals surface area contributed by atoms with Crippen LogP contribution in [0.5, 0.6) is 5.75 Å². The normalized spacial score (nSPS) is 18.4. The third-order valence-corrected chi connectivity index (χ3v) is 5.52. The van der Waals surface area contributed by atoms with Crippen LogP contribution in [-0.4, -0.2) is 22.9 Å². The van der Waals surface area contributed by atoms with Crippen molar-refractivity contribution in [2.45, 2.75) is 38.6 Å². The number of hydrogen-bond acceptors (Lipinski definition) is 1. The molecule has 122 valence electrons. The summed E-state index contributed by atoms with van der Waals surface area (Å²) in [6.45, 7) is 9.02. The molecule has 1 heterocycles. The molecule has 0 radical (unpaired) electrons. The van der Waals surface area contributed by atoms with Crippen LogP contribution in [0.2, 0.25) is 0 Å². The van der Waals surface area contributed by atoms with Crippen molar-refractivity contribution in [3.8, 4) is 5.75 Å². The second-order valence-corrected chi connectivity index (χ2v) is 7.21. The van der Waals surface area contributed by atoms with Crippen molar-refractivity contribution in [3.05, 3.63) is 65.7 Å². The number of rotatable bonds is 2. The third-order valence-electron chi connectivity index (χ3n) is 5.52. The van der Waals surface area contributed by atoms with Gasteiger partial charge >= 0.3 is 0 Å². The first-order valence-electron chi connectivity index (χ1n) is 8.66. The van der Waals surface area contributed by atoms with Crippen LogP contribution in [0.1, 0.15) is 43.4 Å². The first-order valence-corrected chi connectivity index (χ1v) is 8.66. The predicted octanol–water partition coefficient (Wildman–Crippen LogP) is 4.97. The summed E-state index contributed by atoms with van der Waals surface area (Å²) in [6.07, 6.45) is 3.49. The van der Waals surface area contributed by atoms with E-state index in [1.165, 1.54) is 40.1 Å². The van der Waals surface area contributed by atoms with Crippen molar-refractivity contribution in [2.75, 3.05) is 7.11 Å². The summed E-state index contributed by atoms with van der Waals surface area (Å²) < 4.78 is 7.81. The lowest BCUT2D eigenvalue weighted by molar-refractivity contribution is -0.507. The summed E-state index contributed by atoms with van der Waals surface area (Å²) in [6, 6.07) is 15.1. The lowest BCUT2D eigenvalue weighted by Crippen LogP contribution is -2.43. The standard InChI is InChI=1S/C22H24NO/c1-15-19-9-5-7-16-8-6-10-20(21(16)19)23(22(15,2)3)17-11-13-18(24-4)14-12-17/h5,7,9,11-14H,1,6,8,10H2,2-4H3/q+1. The Morgan fingerprint density at radius 3 is 2.50 bits per heavy atom. The molecule has 1 aliphatic heterocycles. The topological polar surface area (TPSA) is 12.2 Å². The van der Waals surface area contributed by atoms with Gasteiger partial charge in [0.2, 0.25) is 5.69 Å². The second kappa shape index (κ2) is 5.34. The molecule has 2 aromatic rings. The second-order valence-electron chi connectivity index (χ2n) is 7.21. The van der Waals surface area contributed by atoms with Gasteiger partial charge in [0.05, 0.1) is 12.7 Å². The van der Waals surface area contributed by atoms with Crippen molar-refractivity contribution in [1.82, 2.24) is 0 Å². The highest BCUT2D eigenvalue weighted by molar-refractivity contribution is 6.06. The van der Waals surface area contributed by atoms with Crippen LogP contribution in [0, 0.1) is 0 Å². The molecule has 0 saturated heterocycles. The molecule has 24 heavy (non-hydrogen) atoms. The van der Waals surface area contributed by atoms with Gasteiger partial charge in [-0.15, -0.1) is 0 Å². The smallest absolute Gasteiger partial charge is 0.206 e. The van der Waals surface area contributed by atoms with Crippen molar-refractivity contribution in [3.63, 3.8) is 0 Å². The van der Waals surface area contributed by atoms with Crippen molar-refractivity contribution >= 4 is 17.0 Å². The largest absolute Gasteiger partial charge is 0.497 e. The molecule has 0 atom stereocenters. The average Bonchev–Trinajstić information content (AvgIpc) is 2.60. The summed E-state index contributed by atoms with van der Waals surface area (Å²) >= 11 is 0. The first-order chi connectivity index (χ1) is 11.5. The van der Waals surface area contributed by atoms with Crippen LogP contribution in [-0.2, 0) is 6.42 Å². The highest BCUT2D eigenvalue weighted by atomic mass is 16.5. The predicted molar refractivity (Wildman–Crippen MR) is 99.5 cm³/mol. The summed E-state index contributed by atoms with van der Waals surface area (Å²) in [7, 11) is 1.71. The van der Waals surface area contributed by atoms with E-state index in [4.69, 9.17) is 4.74 Å². The molecule has 1 aliphatic carbocycles. The molecule has 2 heteroatoms. The van der Waals surface area contributed by atoms with E-state index in [1.807, 2.05) is 12.1 Å². The molecular formula is C22H24NO+. The lowest BCUT2D eigenvalue weighted by atomic mass is 9.75. The summed E-state index contributed by atoms with van der Waals surface area (Å²) in [4.78, 5) is 0. The highest BCUT2D eigenvalue weighted by Gasteiger charge is 2.45. The molecule has 0 aromatic heterocycles. The molecule has 0 saturated carbocycles. The molecular weight excluding hydrogens is 294 g/mol. The Balaban J connectivity index is 2.02. The van der Waals surface area contributed by atoms with Gasteiger partial charge in [-0.2, -0.15) is 4.58 Å². The van der Waals surface area contributed by atoms with E-state index in [1.54, 1.807) is 7.11 Å². The van der Waals surface area contributed by atoms with E-state index >= 15 is 0 Å². The monoisotopic (exact) mass is 318 g/mol. The number of hydrogen-bond donors (Lipinski definition) is 0. The van der Waals surface area contributed by atoms with E-state index in [0.717, 1.165) is 18.6 Å². The fourth-order valence-corrected chi connectivity index (χ4v) is 4.21. The van der Waals surface area contributed by atoms with Gasteiger partial charge in [-0.05, 0) is 36.1 Å². The Morgan fingerprint density at radius 1 is 1.04 bits per heavy atom. The third kappa shape index (κ3) is 2.06. The Morgan fingerprint density at radius 2 is 1.79 bits per heavy atom. The van der Waals surface area contributed by atoms with Gasteiger partial charge in [0.1, 0.15) is 5.75 Å². The molecule has 2 nitrogen and oxygen atoms in total. The number of aryl methyl sites for hydroxylation is 1. The van der Waals surface area contributed by atoms with Crippen LogP contribution in [0.25, 0.3) is 5.57 Å². The van der Waals surface area contributed by atoms with Crippen molar-refractivity contribution in [2.24, 2.45) is 0 Å². The van der Waals surface area contributed by atoms with Crippen LogP contribution in [0.15, 0.2) is 49.0 Å². The van der Waals surface area contributed by atoms with Gasteiger partial charge in [-0.3, -0.25) is 0 Å². The quantitative estimate of drug-likeness (QED) is 0.712. The van der Waals surface area contributed by atoms with Gasteiger partial charge < -0.3 is 4.74 Å². The Labute approximate surface area is 144 Å². The Kier molecular flexibility index (Phi) is 3.38. The number of ether oxygens (including phenoxy) is 1. The maximum atomic E-state index is 5.33. The van der Waals surface area contributed by atoms with Crippen LogP contribution >= 0.6 is 0 Å². The molecule has 2 aliphatic rings. The zero-order valence-electron chi connectivity index (χ0n) is 14.7. The van der Waals surface area contributed by atoms with Crippen LogP contribution < -0.4 is 4.74 Å². The maximum absolute atomic E-state index is 5.33. The maximum Gasteiger partial charge on any atom is 0.206 e. The van der Waals surface area contributed by atoms with Gasteiger partial charge in [0.25, 0.3) is 0 Å². The molecule has 0 spiro atoms. The van der Waals surface area contributed by atoms with Gasteiger partial charge in [0.15, 0.2) is 11.3 Å². The molecule has 0 fully saturated rings. The average molecular weight is 318 g/mol. The van der Waals surface area contributed by atoms with Crippen LogP contribution in [0.3, 0.4) is 0 Å². The number of methoxy groups -OCH3 is 1. The van der Waals surface area contributed by atoms with Gasteiger partial charge in [0, 0.05) is 38.0 Å². The summed E-state index contributed by atoms with van der Waals surface area (Å²) in [5, 5.41) is 0. The molecule has 0 unspecified atom stereocenters. The fourth-order valence-electron chi connectivity index (χ4n) is 4.21. The van der Waals surface area contributed by atoms with Crippen molar-refractivity contribution < 1.29 is 9.31 Å². The zero-order chi connectivity index (χ0) is 16.9. The fraction of sp³-hybridized carbons (Fsp3) is 0.318. The molecule has 4 rings (SSSR count). The van der Waals surface area contributed by atoms with Crippen molar-refractivity contribution in [1.29, 1.82) is 0 Å². The lowest BCUT2D eigenvalue weighted by Gasteiger charge is -2.35. The summed E-state index contributed by atoms with van der Waals surface area (Å²) in [5.41, 5.74) is 7.91. The molecule has 2 aromatic carbocycles. The minimum Gasteiger partial charge on any atom is -0.497 e. The Bertz CT molecular complexity index is 856. The Hall–Kier alpha value is -2.35. The van der Waals surface area contributed by atoms with Gasteiger partial charge in [-0.1, -0.05) is 24.8 Å². The van der Waals surface area contributed by atoms with E-state index in [0.29, 0.717) is 0 Å².